The molecule has 15 heavy (non-hydrogen) atoms. The molecule has 0 aliphatic carbocycles. The molecule has 1 aliphatic heterocycles. The molecular formula is C8H15NO6. The lowest BCUT2D eigenvalue weighted by Gasteiger charge is -2.40. The van der Waals surface area contributed by atoms with Crippen molar-refractivity contribution in [3.63, 3.8) is 0 Å². The number of hydrogen-bond donors (Lipinski definition) is 5. The Morgan fingerprint density at radius 3 is 2.40 bits per heavy atom. The van der Waals surface area contributed by atoms with E-state index in [1.165, 1.54) is 6.92 Å². The Bertz CT molecular complexity index is 235. The number of rotatable bonds is 2. The first-order valence-electron chi connectivity index (χ1n) is 4.55. The minimum atomic E-state index is -1.45. The standard InChI is InChI=1S/C8H15NO6/c1-3(11)9-5-7(13)6(12)4(2-10)15-8(5)14/h4-8,10,12-14H,2H2,1H3,(H,9,11)/t4?,5-,6+,7?,8?/m1/s1. The summed E-state index contributed by atoms with van der Waals surface area (Å²) in [4.78, 5) is 10.7. The third-order valence-corrected chi connectivity index (χ3v) is 2.27. The zero-order valence-electron chi connectivity index (χ0n) is 8.20. The molecule has 7 heteroatoms. The van der Waals surface area contributed by atoms with Crippen LogP contribution in [0.4, 0.5) is 0 Å². The molecule has 1 fully saturated rings. The van der Waals surface area contributed by atoms with Crippen LogP contribution in [-0.4, -0.2) is 63.6 Å². The predicted molar refractivity (Wildman–Crippen MR) is 47.6 cm³/mol. The molecule has 0 spiro atoms. The van der Waals surface area contributed by atoms with Crippen LogP contribution in [0.2, 0.25) is 0 Å². The van der Waals surface area contributed by atoms with Gasteiger partial charge in [0.05, 0.1) is 6.61 Å². The number of nitrogens with one attached hydrogen (secondary N) is 1. The Balaban J connectivity index is 2.70. The normalized spacial score (nSPS) is 41.3. The lowest BCUT2D eigenvalue weighted by atomic mass is 9.97. The van der Waals surface area contributed by atoms with E-state index < -0.39 is 43.2 Å². The first-order valence-corrected chi connectivity index (χ1v) is 4.55. The van der Waals surface area contributed by atoms with Crippen molar-refractivity contribution in [1.29, 1.82) is 0 Å². The predicted octanol–water partition coefficient (Wildman–Crippen LogP) is -3.08. The maximum Gasteiger partial charge on any atom is 0.217 e. The van der Waals surface area contributed by atoms with E-state index in [0.29, 0.717) is 0 Å². The number of hydrogen-bond acceptors (Lipinski definition) is 6. The number of carbonyl (C=O) groups excluding carboxylic acids is 1. The van der Waals surface area contributed by atoms with Crippen molar-refractivity contribution in [2.24, 2.45) is 0 Å². The molecule has 0 bridgehead atoms. The zero-order chi connectivity index (χ0) is 11.6. The monoisotopic (exact) mass is 221 g/mol. The second-order valence-corrected chi connectivity index (χ2v) is 3.46. The summed E-state index contributed by atoms with van der Waals surface area (Å²) in [7, 11) is 0. The highest BCUT2D eigenvalue weighted by Gasteiger charge is 2.43. The molecule has 5 N–H and O–H groups in total. The molecule has 1 rings (SSSR count). The van der Waals surface area contributed by atoms with Gasteiger partial charge in [-0.2, -0.15) is 0 Å². The van der Waals surface area contributed by atoms with Gasteiger partial charge in [0.2, 0.25) is 5.91 Å². The number of carbonyl (C=O) groups is 1. The summed E-state index contributed by atoms with van der Waals surface area (Å²) in [6.45, 7) is 0.687. The molecular weight excluding hydrogens is 206 g/mol. The fourth-order valence-electron chi connectivity index (χ4n) is 1.49. The van der Waals surface area contributed by atoms with E-state index in [0.717, 1.165) is 0 Å². The van der Waals surface area contributed by atoms with Crippen LogP contribution in [0, 0.1) is 0 Å². The summed E-state index contributed by atoms with van der Waals surface area (Å²) in [6.07, 6.45) is -5.24. The molecule has 1 aliphatic rings. The summed E-state index contributed by atoms with van der Waals surface area (Å²) in [6, 6.07) is -1.10. The van der Waals surface area contributed by atoms with Crippen molar-refractivity contribution in [3.05, 3.63) is 0 Å². The summed E-state index contributed by atoms with van der Waals surface area (Å²) < 4.78 is 4.81. The molecule has 1 amide bonds. The van der Waals surface area contributed by atoms with Gasteiger partial charge < -0.3 is 30.5 Å². The minimum absolute atomic E-state index is 0.462. The van der Waals surface area contributed by atoms with Crippen LogP contribution in [0.5, 0.6) is 0 Å². The van der Waals surface area contributed by atoms with Gasteiger partial charge in [-0.05, 0) is 0 Å². The van der Waals surface area contributed by atoms with Crippen molar-refractivity contribution in [2.75, 3.05) is 6.61 Å². The van der Waals surface area contributed by atoms with Crippen molar-refractivity contribution in [3.8, 4) is 0 Å². The lowest BCUT2D eigenvalue weighted by Crippen LogP contribution is -2.63. The maximum atomic E-state index is 10.7. The van der Waals surface area contributed by atoms with Crippen LogP contribution in [0.25, 0.3) is 0 Å². The number of ether oxygens (including phenoxy) is 1. The SMILES string of the molecule is CC(=O)N[C@H]1C(O)OC(CO)[C@H](O)C1O. The Morgan fingerprint density at radius 2 is 1.93 bits per heavy atom. The Labute approximate surface area is 86.3 Å². The van der Waals surface area contributed by atoms with Gasteiger partial charge in [-0.25, -0.2) is 0 Å². The topological polar surface area (TPSA) is 119 Å². The van der Waals surface area contributed by atoms with Crippen molar-refractivity contribution >= 4 is 5.91 Å². The van der Waals surface area contributed by atoms with E-state index in [1.54, 1.807) is 0 Å². The lowest BCUT2D eigenvalue weighted by molar-refractivity contribution is -0.253. The molecule has 3 unspecified atom stereocenters. The largest absolute Gasteiger partial charge is 0.394 e. The average Bonchev–Trinajstić information content (AvgIpc) is 2.18. The van der Waals surface area contributed by atoms with Crippen LogP contribution in [-0.2, 0) is 9.53 Å². The van der Waals surface area contributed by atoms with Crippen LogP contribution >= 0.6 is 0 Å². The quantitative estimate of drug-likeness (QED) is 0.337. The van der Waals surface area contributed by atoms with Gasteiger partial charge in [0.25, 0.3) is 0 Å². The van der Waals surface area contributed by atoms with Gasteiger partial charge in [0.15, 0.2) is 6.29 Å². The van der Waals surface area contributed by atoms with Gasteiger partial charge in [0.1, 0.15) is 24.4 Å². The molecule has 1 heterocycles. The summed E-state index contributed by atoms with van der Waals surface area (Å²) in [5, 5.41) is 39.4. The minimum Gasteiger partial charge on any atom is -0.394 e. The number of amides is 1. The van der Waals surface area contributed by atoms with Crippen LogP contribution in [0.3, 0.4) is 0 Å². The average molecular weight is 221 g/mol. The van der Waals surface area contributed by atoms with E-state index in [9.17, 15) is 20.1 Å². The first-order chi connectivity index (χ1) is 6.97. The molecule has 0 radical (unpaired) electrons. The second kappa shape index (κ2) is 4.86. The van der Waals surface area contributed by atoms with Gasteiger partial charge in [0, 0.05) is 6.92 Å². The Morgan fingerprint density at radius 1 is 1.33 bits per heavy atom. The van der Waals surface area contributed by atoms with E-state index >= 15 is 0 Å². The molecule has 1 saturated heterocycles. The van der Waals surface area contributed by atoms with Crippen LogP contribution in [0.1, 0.15) is 6.92 Å². The third-order valence-electron chi connectivity index (χ3n) is 2.27. The van der Waals surface area contributed by atoms with Crippen molar-refractivity contribution < 1.29 is 30.0 Å². The fraction of sp³-hybridized carbons (Fsp3) is 0.875. The van der Waals surface area contributed by atoms with Crippen molar-refractivity contribution in [1.82, 2.24) is 5.32 Å². The van der Waals surface area contributed by atoms with E-state index in [-0.39, 0.29) is 0 Å². The molecule has 0 aromatic heterocycles. The summed E-state index contributed by atoms with van der Waals surface area (Å²) in [5.74, 6) is -0.462. The van der Waals surface area contributed by atoms with E-state index in [1.807, 2.05) is 0 Å². The Kier molecular flexibility index (Phi) is 4.00. The van der Waals surface area contributed by atoms with Gasteiger partial charge in [-0.15, -0.1) is 0 Å². The van der Waals surface area contributed by atoms with Crippen molar-refractivity contribution in [2.45, 2.75) is 37.6 Å². The molecule has 5 atom stereocenters. The maximum absolute atomic E-state index is 10.7. The van der Waals surface area contributed by atoms with E-state index in [2.05, 4.69) is 5.32 Å². The molecule has 7 nitrogen and oxygen atoms in total. The molecule has 88 valence electrons. The fourth-order valence-corrected chi connectivity index (χ4v) is 1.49. The summed E-state index contributed by atoms with van der Waals surface area (Å²) in [5.41, 5.74) is 0. The van der Waals surface area contributed by atoms with Gasteiger partial charge in [-0.1, -0.05) is 0 Å². The van der Waals surface area contributed by atoms with Gasteiger partial charge >= 0.3 is 0 Å². The smallest absolute Gasteiger partial charge is 0.217 e. The zero-order valence-corrected chi connectivity index (χ0v) is 8.20. The highest BCUT2D eigenvalue weighted by Crippen LogP contribution is 2.19. The highest BCUT2D eigenvalue weighted by atomic mass is 16.6. The number of aliphatic hydroxyl groups excluding tert-OH is 4. The third kappa shape index (κ3) is 2.64. The highest BCUT2D eigenvalue weighted by molar-refractivity contribution is 5.73. The first kappa shape index (κ1) is 12.3. The number of aliphatic hydroxyl groups is 4. The van der Waals surface area contributed by atoms with Crippen LogP contribution < -0.4 is 5.32 Å². The second-order valence-electron chi connectivity index (χ2n) is 3.46. The molecule has 0 aromatic rings. The molecule has 0 aromatic carbocycles. The summed E-state index contributed by atoms with van der Waals surface area (Å²) >= 11 is 0. The van der Waals surface area contributed by atoms with Gasteiger partial charge in [-0.3, -0.25) is 4.79 Å². The van der Waals surface area contributed by atoms with E-state index in [4.69, 9.17) is 9.84 Å². The van der Waals surface area contributed by atoms with Crippen LogP contribution in [0.15, 0.2) is 0 Å². The molecule has 0 saturated carbocycles. The Hall–Kier alpha value is -0.730.